The Kier molecular flexibility index (Phi) is 3.79. The summed E-state index contributed by atoms with van der Waals surface area (Å²) < 4.78 is 0. The van der Waals surface area contributed by atoms with Crippen molar-refractivity contribution >= 4 is 12.2 Å². The van der Waals surface area contributed by atoms with Gasteiger partial charge in [0, 0.05) is 0 Å². The standard InChI is InChI=1S/C12H18N2O2/c1-11(2)4-10(14-9-16)5-12(3,6-11)7-13-8-15/h10H,4-7H2,1-3H3/t10-,12+/m1/s1. The second-order valence-electron chi connectivity index (χ2n) is 5.84. The van der Waals surface area contributed by atoms with Crippen LogP contribution < -0.4 is 0 Å². The summed E-state index contributed by atoms with van der Waals surface area (Å²) in [6, 6.07) is 0.00750. The fraction of sp³-hybridized carbons (Fsp3) is 0.833. The van der Waals surface area contributed by atoms with Crippen LogP contribution in [0, 0.1) is 10.8 Å². The van der Waals surface area contributed by atoms with Crippen molar-refractivity contribution in [1.82, 2.24) is 0 Å². The van der Waals surface area contributed by atoms with E-state index in [1.807, 2.05) is 0 Å². The highest BCUT2D eigenvalue weighted by molar-refractivity contribution is 5.34. The lowest BCUT2D eigenvalue weighted by atomic mass is 9.63. The maximum Gasteiger partial charge on any atom is 0.235 e. The Balaban J connectivity index is 2.85. The molecule has 2 atom stereocenters. The number of rotatable bonds is 3. The van der Waals surface area contributed by atoms with E-state index in [2.05, 4.69) is 30.8 Å². The molecule has 0 aromatic carbocycles. The molecule has 0 aromatic heterocycles. The molecule has 0 amide bonds. The minimum Gasteiger partial charge on any atom is -0.211 e. The van der Waals surface area contributed by atoms with Crippen molar-refractivity contribution < 1.29 is 9.59 Å². The predicted octanol–water partition coefficient (Wildman–Crippen LogP) is 2.24. The molecule has 0 spiro atoms. The molecule has 0 aliphatic heterocycles. The van der Waals surface area contributed by atoms with E-state index >= 15 is 0 Å². The van der Waals surface area contributed by atoms with Crippen molar-refractivity contribution in [2.24, 2.45) is 20.8 Å². The van der Waals surface area contributed by atoms with E-state index in [1.165, 1.54) is 0 Å². The lowest BCUT2D eigenvalue weighted by Crippen LogP contribution is -2.39. The van der Waals surface area contributed by atoms with Crippen LogP contribution in [0.2, 0.25) is 0 Å². The SMILES string of the molecule is CC1(C)C[C@@H](N=C=O)C[C@](C)(CN=C=O)C1. The number of aliphatic imine (C=N–C) groups is 2. The van der Waals surface area contributed by atoms with Gasteiger partial charge in [-0.25, -0.2) is 19.6 Å². The van der Waals surface area contributed by atoms with E-state index in [9.17, 15) is 9.59 Å². The number of isocyanates is 2. The molecule has 88 valence electrons. The largest absolute Gasteiger partial charge is 0.235 e. The molecule has 0 unspecified atom stereocenters. The molecule has 1 fully saturated rings. The first-order valence-corrected chi connectivity index (χ1v) is 5.51. The van der Waals surface area contributed by atoms with E-state index in [1.54, 1.807) is 12.2 Å². The van der Waals surface area contributed by atoms with Crippen LogP contribution in [0.4, 0.5) is 0 Å². The second-order valence-corrected chi connectivity index (χ2v) is 5.84. The van der Waals surface area contributed by atoms with Gasteiger partial charge in [0.25, 0.3) is 0 Å². The van der Waals surface area contributed by atoms with Gasteiger partial charge in [-0.15, -0.1) is 0 Å². The van der Waals surface area contributed by atoms with Crippen LogP contribution in [0.3, 0.4) is 0 Å². The summed E-state index contributed by atoms with van der Waals surface area (Å²) in [6.45, 7) is 6.86. The van der Waals surface area contributed by atoms with Crippen molar-refractivity contribution in [1.29, 1.82) is 0 Å². The summed E-state index contributed by atoms with van der Waals surface area (Å²) in [5, 5.41) is 0. The molecular weight excluding hydrogens is 204 g/mol. The fourth-order valence-corrected chi connectivity index (χ4v) is 3.09. The van der Waals surface area contributed by atoms with Crippen molar-refractivity contribution in [3.05, 3.63) is 0 Å². The molecule has 0 saturated heterocycles. The van der Waals surface area contributed by atoms with Gasteiger partial charge < -0.3 is 0 Å². The first-order valence-electron chi connectivity index (χ1n) is 5.51. The van der Waals surface area contributed by atoms with E-state index in [-0.39, 0.29) is 16.9 Å². The van der Waals surface area contributed by atoms with Crippen LogP contribution in [0.5, 0.6) is 0 Å². The zero-order chi connectivity index (χ0) is 12.2. The van der Waals surface area contributed by atoms with Crippen LogP contribution in [-0.4, -0.2) is 24.7 Å². The van der Waals surface area contributed by atoms with Crippen molar-refractivity contribution in [2.45, 2.75) is 46.1 Å². The van der Waals surface area contributed by atoms with E-state index < -0.39 is 0 Å². The normalized spacial score (nSPS) is 32.3. The third-order valence-corrected chi connectivity index (χ3v) is 3.18. The summed E-state index contributed by atoms with van der Waals surface area (Å²) in [6.07, 6.45) is 5.88. The highest BCUT2D eigenvalue weighted by Crippen LogP contribution is 2.47. The highest BCUT2D eigenvalue weighted by atomic mass is 16.1. The number of hydrogen-bond donors (Lipinski definition) is 0. The Morgan fingerprint density at radius 3 is 2.44 bits per heavy atom. The topological polar surface area (TPSA) is 58.9 Å². The fourth-order valence-electron chi connectivity index (χ4n) is 3.09. The Labute approximate surface area is 95.9 Å². The molecule has 0 N–H and O–H groups in total. The number of carbonyl (C=O) groups excluding carboxylic acids is 2. The Bertz CT molecular complexity index is 352. The van der Waals surface area contributed by atoms with E-state index in [0.29, 0.717) is 6.54 Å². The molecule has 1 rings (SSSR count). The summed E-state index contributed by atoms with van der Waals surface area (Å²) in [7, 11) is 0. The van der Waals surface area contributed by atoms with E-state index in [0.717, 1.165) is 19.3 Å². The third kappa shape index (κ3) is 3.41. The smallest absolute Gasteiger partial charge is 0.211 e. The quantitative estimate of drug-likeness (QED) is 0.543. The van der Waals surface area contributed by atoms with Gasteiger partial charge >= 0.3 is 0 Å². The second kappa shape index (κ2) is 4.73. The molecule has 0 bridgehead atoms. The summed E-state index contributed by atoms with van der Waals surface area (Å²) in [4.78, 5) is 28.0. The van der Waals surface area contributed by atoms with Crippen LogP contribution in [-0.2, 0) is 9.59 Å². The molecule has 0 heterocycles. The van der Waals surface area contributed by atoms with Gasteiger partial charge in [0.2, 0.25) is 12.2 Å². The molecule has 0 radical (unpaired) electrons. The highest BCUT2D eigenvalue weighted by Gasteiger charge is 2.41. The Hall–Kier alpha value is -1.24. The number of hydrogen-bond acceptors (Lipinski definition) is 4. The zero-order valence-corrected chi connectivity index (χ0v) is 10.1. The van der Waals surface area contributed by atoms with Gasteiger partial charge in [0.15, 0.2) is 0 Å². The Morgan fingerprint density at radius 2 is 1.88 bits per heavy atom. The van der Waals surface area contributed by atoms with Gasteiger partial charge in [0.1, 0.15) is 0 Å². The average molecular weight is 222 g/mol. The molecule has 1 aliphatic carbocycles. The maximum absolute atomic E-state index is 10.3. The molecular formula is C12H18N2O2. The van der Waals surface area contributed by atoms with Gasteiger partial charge in [0.05, 0.1) is 12.6 Å². The third-order valence-electron chi connectivity index (χ3n) is 3.18. The van der Waals surface area contributed by atoms with Gasteiger partial charge in [-0.1, -0.05) is 20.8 Å². The Morgan fingerprint density at radius 1 is 1.19 bits per heavy atom. The summed E-state index contributed by atoms with van der Waals surface area (Å²) in [5.74, 6) is 0. The zero-order valence-electron chi connectivity index (χ0n) is 10.1. The van der Waals surface area contributed by atoms with Crippen molar-refractivity contribution in [2.75, 3.05) is 6.54 Å². The summed E-state index contributed by atoms with van der Waals surface area (Å²) in [5.41, 5.74) is 0.0561. The molecule has 1 aliphatic rings. The predicted molar refractivity (Wildman–Crippen MR) is 60.6 cm³/mol. The monoisotopic (exact) mass is 222 g/mol. The van der Waals surface area contributed by atoms with Crippen LogP contribution in [0.15, 0.2) is 9.98 Å². The van der Waals surface area contributed by atoms with Crippen LogP contribution in [0.25, 0.3) is 0 Å². The van der Waals surface area contributed by atoms with Crippen LogP contribution >= 0.6 is 0 Å². The maximum atomic E-state index is 10.3. The molecule has 16 heavy (non-hydrogen) atoms. The van der Waals surface area contributed by atoms with Gasteiger partial charge in [-0.2, -0.15) is 0 Å². The first kappa shape index (κ1) is 12.8. The van der Waals surface area contributed by atoms with Gasteiger partial charge in [-0.3, -0.25) is 0 Å². The first-order chi connectivity index (χ1) is 7.41. The average Bonchev–Trinajstić information content (AvgIpc) is 2.12. The van der Waals surface area contributed by atoms with Crippen molar-refractivity contribution in [3.63, 3.8) is 0 Å². The lowest BCUT2D eigenvalue weighted by molar-refractivity contribution is 0.0915. The van der Waals surface area contributed by atoms with Crippen molar-refractivity contribution in [3.8, 4) is 0 Å². The van der Waals surface area contributed by atoms with Crippen LogP contribution in [0.1, 0.15) is 40.0 Å². The molecule has 4 heteroatoms. The van der Waals surface area contributed by atoms with E-state index in [4.69, 9.17) is 0 Å². The summed E-state index contributed by atoms with van der Waals surface area (Å²) >= 11 is 0. The number of nitrogens with zero attached hydrogens (tertiary/aromatic N) is 2. The lowest BCUT2D eigenvalue weighted by Gasteiger charge is -2.44. The molecule has 0 aromatic rings. The minimum atomic E-state index is -0.0653. The minimum absolute atomic E-state index is 0.00750. The molecule has 1 saturated carbocycles. The molecule has 4 nitrogen and oxygen atoms in total. The van der Waals surface area contributed by atoms with Gasteiger partial charge in [-0.05, 0) is 30.1 Å².